The average molecular weight is 303 g/mol. The summed E-state index contributed by atoms with van der Waals surface area (Å²) < 4.78 is 1.48. The van der Waals surface area contributed by atoms with Crippen molar-refractivity contribution in [1.29, 1.82) is 0 Å². The Balaban J connectivity index is 1.92. The molecule has 8 nitrogen and oxygen atoms in total. The third-order valence-electron chi connectivity index (χ3n) is 3.36. The number of hydrogen-bond donors (Lipinski definition) is 2. The van der Waals surface area contributed by atoms with Crippen LogP contribution in [-0.2, 0) is 4.79 Å². The molecule has 0 spiro atoms. The SMILES string of the molecule is CC(C)(CCNC(=O)c1ccc(-n2cnnn2)cc1)C(=O)O. The quantitative estimate of drug-likeness (QED) is 0.820. The van der Waals surface area contributed by atoms with Crippen LogP contribution in [0.25, 0.3) is 5.69 Å². The van der Waals surface area contributed by atoms with Gasteiger partial charge in [0.25, 0.3) is 5.91 Å². The summed E-state index contributed by atoms with van der Waals surface area (Å²) in [5.41, 5.74) is 0.371. The summed E-state index contributed by atoms with van der Waals surface area (Å²) in [5.74, 6) is -1.13. The van der Waals surface area contributed by atoms with E-state index in [0.717, 1.165) is 5.69 Å². The van der Waals surface area contributed by atoms with Crippen LogP contribution in [0, 0.1) is 5.41 Å². The van der Waals surface area contributed by atoms with Crippen LogP contribution in [-0.4, -0.2) is 43.7 Å². The van der Waals surface area contributed by atoms with Gasteiger partial charge in [0.1, 0.15) is 6.33 Å². The number of rotatable bonds is 6. The van der Waals surface area contributed by atoms with Crippen LogP contribution in [0.3, 0.4) is 0 Å². The molecule has 2 aromatic rings. The van der Waals surface area contributed by atoms with Gasteiger partial charge in [-0.1, -0.05) is 0 Å². The van der Waals surface area contributed by atoms with Gasteiger partial charge in [0.2, 0.25) is 0 Å². The lowest BCUT2D eigenvalue weighted by Gasteiger charge is -2.18. The minimum Gasteiger partial charge on any atom is -0.481 e. The second-order valence-electron chi connectivity index (χ2n) is 5.50. The molecule has 0 aliphatic carbocycles. The number of carboxylic acid groups (broad SMARTS) is 1. The third kappa shape index (κ3) is 3.66. The van der Waals surface area contributed by atoms with E-state index in [-0.39, 0.29) is 5.91 Å². The standard InChI is InChI=1S/C14H17N5O3/c1-14(2,13(21)22)7-8-15-12(20)10-3-5-11(6-4-10)19-9-16-17-18-19/h3-6,9H,7-8H2,1-2H3,(H,15,20)(H,21,22). The van der Waals surface area contributed by atoms with Crippen molar-refractivity contribution in [3.05, 3.63) is 36.2 Å². The van der Waals surface area contributed by atoms with E-state index < -0.39 is 11.4 Å². The lowest BCUT2D eigenvalue weighted by Crippen LogP contribution is -2.31. The van der Waals surface area contributed by atoms with E-state index in [1.54, 1.807) is 38.1 Å². The number of tetrazole rings is 1. The van der Waals surface area contributed by atoms with Crippen molar-refractivity contribution < 1.29 is 14.7 Å². The Morgan fingerprint density at radius 1 is 1.27 bits per heavy atom. The molecule has 0 aliphatic rings. The van der Waals surface area contributed by atoms with Gasteiger partial charge >= 0.3 is 5.97 Å². The molecule has 22 heavy (non-hydrogen) atoms. The van der Waals surface area contributed by atoms with E-state index in [0.29, 0.717) is 18.5 Å². The fourth-order valence-electron chi connectivity index (χ4n) is 1.74. The lowest BCUT2D eigenvalue weighted by atomic mass is 9.90. The highest BCUT2D eigenvalue weighted by Gasteiger charge is 2.26. The Morgan fingerprint density at radius 2 is 1.95 bits per heavy atom. The van der Waals surface area contributed by atoms with Gasteiger partial charge in [-0.15, -0.1) is 5.10 Å². The number of benzene rings is 1. The second kappa shape index (κ2) is 6.33. The molecule has 0 unspecified atom stereocenters. The van der Waals surface area contributed by atoms with Crippen molar-refractivity contribution in [2.24, 2.45) is 5.41 Å². The molecule has 0 saturated heterocycles. The van der Waals surface area contributed by atoms with Crippen molar-refractivity contribution in [2.75, 3.05) is 6.54 Å². The van der Waals surface area contributed by atoms with Crippen LogP contribution < -0.4 is 5.32 Å². The van der Waals surface area contributed by atoms with Crippen LogP contribution in [0.1, 0.15) is 30.6 Å². The van der Waals surface area contributed by atoms with Gasteiger partial charge in [-0.25, -0.2) is 4.68 Å². The van der Waals surface area contributed by atoms with Crippen LogP contribution in [0.4, 0.5) is 0 Å². The predicted molar refractivity (Wildman–Crippen MR) is 77.5 cm³/mol. The molecule has 2 N–H and O–H groups in total. The molecule has 1 aromatic carbocycles. The van der Waals surface area contributed by atoms with Crippen LogP contribution in [0.15, 0.2) is 30.6 Å². The van der Waals surface area contributed by atoms with Gasteiger partial charge in [0, 0.05) is 12.1 Å². The van der Waals surface area contributed by atoms with Crippen molar-refractivity contribution in [1.82, 2.24) is 25.5 Å². The smallest absolute Gasteiger partial charge is 0.309 e. The van der Waals surface area contributed by atoms with Crippen molar-refractivity contribution in [2.45, 2.75) is 20.3 Å². The van der Waals surface area contributed by atoms with E-state index in [4.69, 9.17) is 5.11 Å². The Hall–Kier alpha value is -2.77. The Labute approximate surface area is 127 Å². The Morgan fingerprint density at radius 3 is 2.50 bits per heavy atom. The molecule has 0 aliphatic heterocycles. The van der Waals surface area contributed by atoms with Crippen LogP contribution in [0.2, 0.25) is 0 Å². The van der Waals surface area contributed by atoms with E-state index in [1.807, 2.05) is 0 Å². The van der Waals surface area contributed by atoms with E-state index >= 15 is 0 Å². The highest BCUT2D eigenvalue weighted by atomic mass is 16.4. The second-order valence-corrected chi connectivity index (χ2v) is 5.50. The maximum atomic E-state index is 12.0. The fraction of sp³-hybridized carbons (Fsp3) is 0.357. The number of nitrogens with zero attached hydrogens (tertiary/aromatic N) is 4. The van der Waals surface area contributed by atoms with Gasteiger partial charge < -0.3 is 10.4 Å². The summed E-state index contributed by atoms with van der Waals surface area (Å²) in [6.45, 7) is 3.55. The molecule has 0 bridgehead atoms. The minimum absolute atomic E-state index is 0.246. The number of amides is 1. The molecular formula is C14H17N5O3. The molecule has 2 rings (SSSR count). The zero-order valence-corrected chi connectivity index (χ0v) is 12.4. The highest BCUT2D eigenvalue weighted by Crippen LogP contribution is 2.19. The summed E-state index contributed by atoms with van der Waals surface area (Å²) in [5, 5.41) is 22.6. The Bertz CT molecular complexity index is 650. The molecule has 1 aromatic heterocycles. The lowest BCUT2D eigenvalue weighted by molar-refractivity contribution is -0.147. The van der Waals surface area contributed by atoms with Crippen molar-refractivity contribution in [3.63, 3.8) is 0 Å². The summed E-state index contributed by atoms with van der Waals surface area (Å²) in [7, 11) is 0. The zero-order valence-electron chi connectivity index (χ0n) is 12.4. The summed E-state index contributed by atoms with van der Waals surface area (Å²) >= 11 is 0. The van der Waals surface area contributed by atoms with E-state index in [9.17, 15) is 9.59 Å². The van der Waals surface area contributed by atoms with Gasteiger partial charge in [-0.3, -0.25) is 9.59 Å². The largest absolute Gasteiger partial charge is 0.481 e. The zero-order chi connectivity index (χ0) is 16.2. The molecule has 8 heteroatoms. The molecular weight excluding hydrogens is 286 g/mol. The van der Waals surface area contributed by atoms with Crippen molar-refractivity contribution in [3.8, 4) is 5.69 Å². The van der Waals surface area contributed by atoms with Gasteiger partial charge in [-0.2, -0.15) is 0 Å². The topological polar surface area (TPSA) is 110 Å². The summed E-state index contributed by atoms with van der Waals surface area (Å²) in [6.07, 6.45) is 1.82. The first-order valence-corrected chi connectivity index (χ1v) is 6.75. The number of aliphatic carboxylic acids is 1. The van der Waals surface area contributed by atoms with Crippen LogP contribution >= 0.6 is 0 Å². The first-order valence-electron chi connectivity index (χ1n) is 6.75. The highest BCUT2D eigenvalue weighted by molar-refractivity contribution is 5.94. The Kier molecular flexibility index (Phi) is 4.50. The van der Waals surface area contributed by atoms with Gasteiger partial charge in [-0.05, 0) is 55.0 Å². The first kappa shape index (κ1) is 15.6. The van der Waals surface area contributed by atoms with Gasteiger partial charge in [0.15, 0.2) is 0 Å². The minimum atomic E-state index is -0.882. The number of carbonyl (C=O) groups excluding carboxylic acids is 1. The fourth-order valence-corrected chi connectivity index (χ4v) is 1.74. The first-order chi connectivity index (χ1) is 10.4. The van der Waals surface area contributed by atoms with Crippen LogP contribution in [0.5, 0.6) is 0 Å². The van der Waals surface area contributed by atoms with Gasteiger partial charge in [0.05, 0.1) is 11.1 Å². The number of nitrogens with one attached hydrogen (secondary N) is 1. The normalized spacial score (nSPS) is 11.2. The van der Waals surface area contributed by atoms with E-state index in [1.165, 1.54) is 11.0 Å². The number of carbonyl (C=O) groups is 2. The summed E-state index contributed by atoms with van der Waals surface area (Å²) in [4.78, 5) is 23.0. The predicted octanol–water partition coefficient (Wildman–Crippen LogP) is 0.893. The molecule has 0 radical (unpaired) electrons. The maximum Gasteiger partial charge on any atom is 0.309 e. The summed E-state index contributed by atoms with van der Waals surface area (Å²) in [6, 6.07) is 6.78. The average Bonchev–Trinajstić information content (AvgIpc) is 3.01. The number of hydrogen-bond acceptors (Lipinski definition) is 5. The number of carboxylic acids is 1. The molecule has 0 saturated carbocycles. The monoisotopic (exact) mass is 303 g/mol. The maximum absolute atomic E-state index is 12.0. The third-order valence-corrected chi connectivity index (χ3v) is 3.36. The molecule has 1 amide bonds. The number of aromatic nitrogens is 4. The molecule has 116 valence electrons. The molecule has 0 atom stereocenters. The molecule has 1 heterocycles. The van der Waals surface area contributed by atoms with Crippen molar-refractivity contribution >= 4 is 11.9 Å². The van der Waals surface area contributed by atoms with E-state index in [2.05, 4.69) is 20.8 Å². The molecule has 0 fully saturated rings.